The molecule has 0 aliphatic carbocycles. The van der Waals surface area contributed by atoms with Gasteiger partial charge in [0.25, 0.3) is 0 Å². The maximum atomic E-state index is 5.57. The molecule has 5 N–H and O–H groups in total. The van der Waals surface area contributed by atoms with E-state index >= 15 is 0 Å². The average Bonchev–Trinajstić information content (AvgIpc) is 2.18. The molecule has 14 heavy (non-hydrogen) atoms. The fraction of sp³-hybridized carbons (Fsp3) is 0.222. The zero-order valence-corrected chi connectivity index (χ0v) is 10.4. The monoisotopic (exact) mass is 307 g/mol. The molecule has 78 valence electrons. The number of hydrogen-bond acceptors (Lipinski definition) is 1. The summed E-state index contributed by atoms with van der Waals surface area (Å²) in [7, 11) is 1.88. The third kappa shape index (κ3) is 3.93. The van der Waals surface area contributed by atoms with E-state index in [0.717, 1.165) is 6.54 Å². The van der Waals surface area contributed by atoms with Gasteiger partial charge in [-0.1, -0.05) is 30.3 Å². The minimum absolute atomic E-state index is 0. The molecule has 0 saturated carbocycles. The topological polar surface area (TPSA) is 67.1 Å². The summed E-state index contributed by atoms with van der Waals surface area (Å²) in [6.45, 7) is 0.747. The van der Waals surface area contributed by atoms with E-state index < -0.39 is 0 Å². The van der Waals surface area contributed by atoms with Crippen LogP contribution in [-0.4, -0.2) is 17.6 Å². The van der Waals surface area contributed by atoms with E-state index in [1.165, 1.54) is 5.56 Å². The van der Waals surface area contributed by atoms with Gasteiger partial charge in [-0.2, -0.15) is 5.84 Å². The van der Waals surface area contributed by atoms with Gasteiger partial charge in [-0.05, 0) is 5.56 Å². The molecular weight excluding hydrogens is 291 g/mol. The lowest BCUT2D eigenvalue weighted by molar-refractivity contribution is -0.517. The van der Waals surface area contributed by atoms with Gasteiger partial charge in [0, 0.05) is 0 Å². The van der Waals surface area contributed by atoms with E-state index in [1.807, 2.05) is 42.0 Å². The van der Waals surface area contributed by atoms with Crippen molar-refractivity contribution in [3.63, 3.8) is 0 Å². The average molecular weight is 307 g/mol. The van der Waals surface area contributed by atoms with Crippen LogP contribution in [0.3, 0.4) is 0 Å². The Hall–Kier alpha value is -0.820. The molecule has 0 unspecified atom stereocenters. The molecule has 0 aromatic heterocycles. The van der Waals surface area contributed by atoms with Crippen molar-refractivity contribution >= 4 is 29.9 Å². The van der Waals surface area contributed by atoms with Crippen LogP contribution in [0.4, 0.5) is 0 Å². The van der Waals surface area contributed by atoms with Crippen molar-refractivity contribution in [2.45, 2.75) is 6.54 Å². The molecule has 0 amide bonds. The van der Waals surface area contributed by atoms with Crippen LogP contribution in [0.2, 0.25) is 0 Å². The van der Waals surface area contributed by atoms with E-state index in [0.29, 0.717) is 5.96 Å². The van der Waals surface area contributed by atoms with E-state index in [9.17, 15) is 0 Å². The van der Waals surface area contributed by atoms with E-state index in [-0.39, 0.29) is 24.0 Å². The highest BCUT2D eigenvalue weighted by Crippen LogP contribution is 1.98. The summed E-state index contributed by atoms with van der Waals surface area (Å²) in [5.74, 6) is 5.63. The normalized spacial score (nSPS) is 11.3. The Morgan fingerprint density at radius 2 is 1.93 bits per heavy atom. The third-order valence-corrected chi connectivity index (χ3v) is 1.82. The summed E-state index contributed by atoms with van der Waals surface area (Å²) in [6, 6.07) is 10.1. The zero-order valence-electron chi connectivity index (χ0n) is 8.10. The molecule has 1 aromatic carbocycles. The van der Waals surface area contributed by atoms with Crippen LogP contribution < -0.4 is 17.0 Å². The molecule has 0 heterocycles. The minimum atomic E-state index is 0. The standard InChI is InChI=1S/C9H14N4.HI/c1-13(9(10)12-11)7-8-5-3-2-4-6-8;/h2-6H,7,11H2,1H3,(H2,10,12);1H/p+1. The lowest BCUT2D eigenvalue weighted by atomic mass is 10.2. The first-order valence-electron chi connectivity index (χ1n) is 4.08. The molecular formula is C9H16IN4+. The van der Waals surface area contributed by atoms with Gasteiger partial charge in [0.1, 0.15) is 0 Å². The van der Waals surface area contributed by atoms with Gasteiger partial charge in [-0.15, -0.1) is 24.0 Å². The van der Waals surface area contributed by atoms with Crippen LogP contribution in [0.1, 0.15) is 5.56 Å². The molecule has 0 spiro atoms. The van der Waals surface area contributed by atoms with Crippen LogP contribution in [-0.2, 0) is 6.54 Å². The van der Waals surface area contributed by atoms with Gasteiger partial charge in [-0.3, -0.25) is 10.3 Å². The van der Waals surface area contributed by atoms with Crippen molar-refractivity contribution in [2.24, 2.45) is 11.6 Å². The van der Waals surface area contributed by atoms with Crippen LogP contribution in [0.15, 0.2) is 30.3 Å². The van der Waals surface area contributed by atoms with Gasteiger partial charge < -0.3 is 0 Å². The Labute approximate surface area is 101 Å². The molecule has 0 fully saturated rings. The molecule has 0 saturated heterocycles. The number of benzene rings is 1. The number of hydrogen-bond donors (Lipinski definition) is 3. The summed E-state index contributed by atoms with van der Waals surface area (Å²) < 4.78 is 1.84. The minimum Gasteiger partial charge on any atom is -0.289 e. The van der Waals surface area contributed by atoms with Gasteiger partial charge >= 0.3 is 5.96 Å². The summed E-state index contributed by atoms with van der Waals surface area (Å²) in [6.07, 6.45) is 0. The fourth-order valence-electron chi connectivity index (χ4n) is 1.05. The number of nitrogens with zero attached hydrogens (tertiary/aromatic N) is 1. The SMILES string of the molecule is C[N+](Cc1ccccc1)=C(N)NN.I. The smallest absolute Gasteiger partial charge is 0.289 e. The molecule has 0 aliphatic rings. The Balaban J connectivity index is 0.00000169. The van der Waals surface area contributed by atoms with Crippen molar-refractivity contribution in [1.82, 2.24) is 5.43 Å². The number of guanidine groups is 1. The number of nitrogens with two attached hydrogens (primary N) is 2. The van der Waals surface area contributed by atoms with Crippen LogP contribution in [0.5, 0.6) is 0 Å². The van der Waals surface area contributed by atoms with Crippen molar-refractivity contribution in [3.05, 3.63) is 35.9 Å². The Kier molecular flexibility index (Phi) is 6.22. The fourth-order valence-corrected chi connectivity index (χ4v) is 1.05. The quantitative estimate of drug-likeness (QED) is 0.183. The molecule has 0 radical (unpaired) electrons. The van der Waals surface area contributed by atoms with Crippen molar-refractivity contribution in [1.29, 1.82) is 0 Å². The lowest BCUT2D eigenvalue weighted by Gasteiger charge is -2.03. The summed E-state index contributed by atoms with van der Waals surface area (Å²) in [5.41, 5.74) is 9.17. The predicted molar refractivity (Wildman–Crippen MR) is 68.3 cm³/mol. The van der Waals surface area contributed by atoms with Gasteiger partial charge in [-0.25, -0.2) is 5.43 Å². The first-order valence-corrected chi connectivity index (χ1v) is 4.08. The molecule has 1 aromatic rings. The highest BCUT2D eigenvalue weighted by Gasteiger charge is 2.01. The molecule has 0 bridgehead atoms. The van der Waals surface area contributed by atoms with Gasteiger partial charge in [0.15, 0.2) is 0 Å². The number of rotatable bonds is 2. The Bertz CT molecular complexity index is 297. The largest absolute Gasteiger partial charge is 0.360 e. The summed E-state index contributed by atoms with van der Waals surface area (Å²) in [4.78, 5) is 0. The third-order valence-electron chi connectivity index (χ3n) is 1.82. The second-order valence-electron chi connectivity index (χ2n) is 2.87. The maximum absolute atomic E-state index is 5.57. The van der Waals surface area contributed by atoms with Gasteiger partial charge in [0.2, 0.25) is 0 Å². The number of nitrogens with one attached hydrogen (secondary N) is 1. The van der Waals surface area contributed by atoms with Gasteiger partial charge in [0.05, 0.1) is 13.6 Å². The van der Waals surface area contributed by atoms with Crippen molar-refractivity contribution in [3.8, 4) is 0 Å². The second kappa shape index (κ2) is 6.61. The van der Waals surface area contributed by atoms with E-state index in [1.54, 1.807) is 0 Å². The molecule has 0 atom stereocenters. The number of halogens is 1. The lowest BCUT2D eigenvalue weighted by Crippen LogP contribution is -2.43. The zero-order chi connectivity index (χ0) is 9.68. The van der Waals surface area contributed by atoms with Crippen LogP contribution in [0.25, 0.3) is 0 Å². The van der Waals surface area contributed by atoms with E-state index in [2.05, 4.69) is 5.43 Å². The molecule has 4 nitrogen and oxygen atoms in total. The van der Waals surface area contributed by atoms with E-state index in [4.69, 9.17) is 11.6 Å². The van der Waals surface area contributed by atoms with Crippen molar-refractivity contribution in [2.75, 3.05) is 7.05 Å². The first-order chi connectivity index (χ1) is 6.24. The molecule has 1 rings (SSSR count). The highest BCUT2D eigenvalue weighted by atomic mass is 127. The summed E-state index contributed by atoms with van der Waals surface area (Å²) >= 11 is 0. The highest BCUT2D eigenvalue weighted by molar-refractivity contribution is 14.0. The Morgan fingerprint density at radius 3 is 2.43 bits per heavy atom. The summed E-state index contributed by atoms with van der Waals surface area (Å²) in [5, 5.41) is 0. The molecule has 5 heteroatoms. The predicted octanol–water partition coefficient (Wildman–Crippen LogP) is 0.225. The van der Waals surface area contributed by atoms with Crippen molar-refractivity contribution < 1.29 is 4.58 Å². The first kappa shape index (κ1) is 13.2. The molecule has 0 aliphatic heterocycles. The second-order valence-corrected chi connectivity index (χ2v) is 2.87. The number of hydrazine groups is 1. The Morgan fingerprint density at radius 1 is 1.36 bits per heavy atom. The maximum Gasteiger partial charge on any atom is 0.360 e. The van der Waals surface area contributed by atoms with Crippen LogP contribution >= 0.6 is 24.0 Å². The van der Waals surface area contributed by atoms with Crippen LogP contribution in [0, 0.1) is 0 Å².